The molecule has 1 amide bonds. The molecule has 1 aliphatic carbocycles. The number of carbonyl (C=O) groups excluding carboxylic acids is 1. The number of nitrogens with one attached hydrogen (secondary N) is 2. The summed E-state index contributed by atoms with van der Waals surface area (Å²) < 4.78 is 0. The van der Waals surface area contributed by atoms with Crippen LogP contribution in [0.25, 0.3) is 0 Å². The molecule has 0 spiro atoms. The minimum atomic E-state index is -0.0907. The van der Waals surface area contributed by atoms with Crippen molar-refractivity contribution in [3.8, 4) is 0 Å². The minimum absolute atomic E-state index is 0.0907. The lowest BCUT2D eigenvalue weighted by atomic mass is 10.1. The zero-order valence-electron chi connectivity index (χ0n) is 7.63. The summed E-state index contributed by atoms with van der Waals surface area (Å²) in [6, 6.07) is 0. The molecule has 0 unspecified atom stereocenters. The summed E-state index contributed by atoms with van der Waals surface area (Å²) in [7, 11) is 0. The lowest BCUT2D eigenvalue weighted by Crippen LogP contribution is -2.30. The van der Waals surface area contributed by atoms with E-state index in [4.69, 9.17) is 0 Å². The molecule has 4 heteroatoms. The van der Waals surface area contributed by atoms with Gasteiger partial charge in [0.05, 0.1) is 6.54 Å². The van der Waals surface area contributed by atoms with Crippen LogP contribution in [0, 0.1) is 5.41 Å². The van der Waals surface area contributed by atoms with E-state index in [1.807, 2.05) is 6.92 Å². The van der Waals surface area contributed by atoms with Crippen molar-refractivity contribution >= 4 is 5.91 Å². The molecule has 0 aromatic carbocycles. The molecular formula is C9H13N3O. The van der Waals surface area contributed by atoms with Gasteiger partial charge in [-0.15, -0.1) is 0 Å². The van der Waals surface area contributed by atoms with E-state index in [2.05, 4.69) is 15.3 Å². The third-order valence-corrected chi connectivity index (χ3v) is 2.52. The summed E-state index contributed by atoms with van der Waals surface area (Å²) in [4.78, 5) is 18.4. The maximum Gasteiger partial charge on any atom is 0.226 e. The number of hydrogen-bond donors (Lipinski definition) is 2. The number of hydrogen-bond acceptors (Lipinski definition) is 2. The van der Waals surface area contributed by atoms with Crippen molar-refractivity contribution in [3.05, 3.63) is 18.2 Å². The molecule has 1 aromatic heterocycles. The topological polar surface area (TPSA) is 57.8 Å². The normalized spacial score (nSPS) is 18.2. The molecule has 0 aliphatic heterocycles. The van der Waals surface area contributed by atoms with Crippen LogP contribution >= 0.6 is 0 Å². The van der Waals surface area contributed by atoms with E-state index in [0.717, 1.165) is 18.7 Å². The Labute approximate surface area is 76.8 Å². The van der Waals surface area contributed by atoms with Gasteiger partial charge in [0.25, 0.3) is 0 Å². The monoisotopic (exact) mass is 179 g/mol. The SMILES string of the molecule is CC1(C(=O)NCc2ncc[nH]2)CC1. The summed E-state index contributed by atoms with van der Waals surface area (Å²) in [5.41, 5.74) is -0.0907. The summed E-state index contributed by atoms with van der Waals surface area (Å²) in [6.07, 6.45) is 5.45. The first-order chi connectivity index (χ1) is 6.21. The molecule has 2 rings (SSSR count). The molecule has 0 atom stereocenters. The third kappa shape index (κ3) is 1.71. The van der Waals surface area contributed by atoms with Crippen LogP contribution in [0.4, 0.5) is 0 Å². The van der Waals surface area contributed by atoms with Crippen molar-refractivity contribution in [1.29, 1.82) is 0 Å². The Balaban J connectivity index is 1.83. The number of nitrogens with zero attached hydrogens (tertiary/aromatic N) is 1. The Kier molecular flexibility index (Phi) is 1.83. The number of amides is 1. The maximum absolute atomic E-state index is 11.5. The Morgan fingerprint density at radius 1 is 1.77 bits per heavy atom. The van der Waals surface area contributed by atoms with E-state index in [1.54, 1.807) is 12.4 Å². The zero-order chi connectivity index (χ0) is 9.31. The van der Waals surface area contributed by atoms with Gasteiger partial charge in [-0.2, -0.15) is 0 Å². The number of rotatable bonds is 3. The predicted octanol–water partition coefficient (Wildman–Crippen LogP) is 0.826. The van der Waals surface area contributed by atoms with Gasteiger partial charge in [-0.05, 0) is 12.8 Å². The Morgan fingerprint density at radius 3 is 3.08 bits per heavy atom. The second-order valence-electron chi connectivity index (χ2n) is 3.78. The first kappa shape index (κ1) is 8.29. The Bertz CT molecular complexity index is 301. The second-order valence-corrected chi connectivity index (χ2v) is 3.78. The average Bonchev–Trinajstić information content (AvgIpc) is 2.70. The Hall–Kier alpha value is -1.32. The van der Waals surface area contributed by atoms with Crippen LogP contribution in [0.1, 0.15) is 25.6 Å². The first-order valence-corrected chi connectivity index (χ1v) is 4.47. The fourth-order valence-electron chi connectivity index (χ4n) is 1.19. The summed E-state index contributed by atoms with van der Waals surface area (Å²) in [5.74, 6) is 0.946. The number of aromatic amines is 1. The van der Waals surface area contributed by atoms with E-state index in [1.165, 1.54) is 0 Å². The summed E-state index contributed by atoms with van der Waals surface area (Å²) in [6.45, 7) is 2.49. The smallest absolute Gasteiger partial charge is 0.226 e. The van der Waals surface area contributed by atoms with Gasteiger partial charge >= 0.3 is 0 Å². The van der Waals surface area contributed by atoms with Crippen LogP contribution in [-0.4, -0.2) is 15.9 Å². The van der Waals surface area contributed by atoms with Gasteiger partial charge in [0.2, 0.25) is 5.91 Å². The molecule has 0 radical (unpaired) electrons. The standard InChI is InChI=1S/C9H13N3O/c1-9(2-3-9)8(13)12-6-7-10-4-5-11-7/h4-5H,2-3,6H2,1H3,(H,10,11)(H,12,13). The molecule has 13 heavy (non-hydrogen) atoms. The third-order valence-electron chi connectivity index (χ3n) is 2.52. The van der Waals surface area contributed by atoms with Crippen LogP contribution in [0.15, 0.2) is 12.4 Å². The molecular weight excluding hydrogens is 166 g/mol. The molecule has 1 aromatic rings. The van der Waals surface area contributed by atoms with Crippen LogP contribution in [0.3, 0.4) is 0 Å². The van der Waals surface area contributed by atoms with Crippen molar-refractivity contribution < 1.29 is 4.79 Å². The van der Waals surface area contributed by atoms with Crippen molar-refractivity contribution in [3.63, 3.8) is 0 Å². The van der Waals surface area contributed by atoms with Gasteiger partial charge in [0, 0.05) is 17.8 Å². The van der Waals surface area contributed by atoms with E-state index < -0.39 is 0 Å². The number of aromatic nitrogens is 2. The molecule has 1 fully saturated rings. The molecule has 1 saturated carbocycles. The van der Waals surface area contributed by atoms with E-state index in [9.17, 15) is 4.79 Å². The van der Waals surface area contributed by atoms with E-state index in [-0.39, 0.29) is 11.3 Å². The van der Waals surface area contributed by atoms with Gasteiger partial charge < -0.3 is 10.3 Å². The average molecular weight is 179 g/mol. The van der Waals surface area contributed by atoms with Crippen LogP contribution in [-0.2, 0) is 11.3 Å². The van der Waals surface area contributed by atoms with E-state index in [0.29, 0.717) is 6.54 Å². The summed E-state index contributed by atoms with van der Waals surface area (Å²) in [5, 5.41) is 2.85. The molecule has 0 saturated heterocycles. The highest BCUT2D eigenvalue weighted by Crippen LogP contribution is 2.44. The lowest BCUT2D eigenvalue weighted by molar-refractivity contribution is -0.125. The van der Waals surface area contributed by atoms with Gasteiger partial charge in [0.15, 0.2) is 0 Å². The second kappa shape index (κ2) is 2.87. The predicted molar refractivity (Wildman–Crippen MR) is 47.8 cm³/mol. The van der Waals surface area contributed by atoms with Crippen molar-refractivity contribution in [2.24, 2.45) is 5.41 Å². The van der Waals surface area contributed by atoms with Crippen LogP contribution in [0.5, 0.6) is 0 Å². The molecule has 0 bridgehead atoms. The number of H-pyrrole nitrogens is 1. The van der Waals surface area contributed by atoms with Gasteiger partial charge in [-0.3, -0.25) is 4.79 Å². The van der Waals surface area contributed by atoms with Crippen LogP contribution < -0.4 is 5.32 Å². The van der Waals surface area contributed by atoms with Crippen molar-refractivity contribution in [2.45, 2.75) is 26.3 Å². The fraction of sp³-hybridized carbons (Fsp3) is 0.556. The van der Waals surface area contributed by atoms with Crippen molar-refractivity contribution in [1.82, 2.24) is 15.3 Å². The number of carbonyl (C=O) groups is 1. The highest BCUT2D eigenvalue weighted by molar-refractivity contribution is 5.84. The summed E-state index contributed by atoms with van der Waals surface area (Å²) >= 11 is 0. The quantitative estimate of drug-likeness (QED) is 0.722. The molecule has 4 nitrogen and oxygen atoms in total. The highest BCUT2D eigenvalue weighted by Gasteiger charge is 2.44. The largest absolute Gasteiger partial charge is 0.348 e. The minimum Gasteiger partial charge on any atom is -0.348 e. The Morgan fingerprint density at radius 2 is 2.54 bits per heavy atom. The van der Waals surface area contributed by atoms with Gasteiger partial charge in [-0.25, -0.2) is 4.98 Å². The van der Waals surface area contributed by atoms with E-state index >= 15 is 0 Å². The molecule has 2 N–H and O–H groups in total. The molecule has 1 aliphatic rings. The molecule has 1 heterocycles. The zero-order valence-corrected chi connectivity index (χ0v) is 7.63. The maximum atomic E-state index is 11.5. The molecule has 70 valence electrons. The van der Waals surface area contributed by atoms with Gasteiger partial charge in [0.1, 0.15) is 5.82 Å². The number of imidazole rings is 1. The van der Waals surface area contributed by atoms with Crippen LogP contribution in [0.2, 0.25) is 0 Å². The van der Waals surface area contributed by atoms with Gasteiger partial charge in [-0.1, -0.05) is 6.92 Å². The fourth-order valence-corrected chi connectivity index (χ4v) is 1.19. The first-order valence-electron chi connectivity index (χ1n) is 4.47. The lowest BCUT2D eigenvalue weighted by Gasteiger charge is -2.07. The highest BCUT2D eigenvalue weighted by atomic mass is 16.2. The van der Waals surface area contributed by atoms with Crippen molar-refractivity contribution in [2.75, 3.05) is 0 Å².